The summed E-state index contributed by atoms with van der Waals surface area (Å²) in [4.78, 5) is 0. The fourth-order valence-corrected chi connectivity index (χ4v) is 2.91. The largest absolute Gasteiger partial charge is 0.0620 e. The molecule has 0 aliphatic rings. The topological polar surface area (TPSA) is 0 Å². The first-order valence-electron chi connectivity index (χ1n) is 7.30. The summed E-state index contributed by atoms with van der Waals surface area (Å²) in [6.45, 7) is 4.53. The highest BCUT2D eigenvalue weighted by molar-refractivity contribution is 5.85. The van der Waals surface area contributed by atoms with Crippen molar-refractivity contribution in [3.63, 3.8) is 0 Å². The molecule has 0 spiro atoms. The van der Waals surface area contributed by atoms with Crippen LogP contribution < -0.4 is 0 Å². The van der Waals surface area contributed by atoms with Gasteiger partial charge in [-0.15, -0.1) is 0 Å². The zero-order valence-electron chi connectivity index (χ0n) is 12.1. The molecule has 0 heterocycles. The van der Waals surface area contributed by atoms with Crippen LogP contribution in [0.15, 0.2) is 66.7 Å². The zero-order chi connectivity index (χ0) is 13.9. The van der Waals surface area contributed by atoms with Gasteiger partial charge in [0.15, 0.2) is 0 Å². The van der Waals surface area contributed by atoms with E-state index in [-0.39, 0.29) is 0 Å². The summed E-state index contributed by atoms with van der Waals surface area (Å²) in [6, 6.07) is 24.0. The van der Waals surface area contributed by atoms with Crippen molar-refractivity contribution in [1.29, 1.82) is 0 Å². The average molecular weight is 260 g/mol. The number of rotatable bonds is 3. The monoisotopic (exact) mass is 260 g/mol. The predicted octanol–water partition coefficient (Wildman–Crippen LogP) is 5.55. The van der Waals surface area contributed by atoms with Crippen molar-refractivity contribution < 1.29 is 0 Å². The summed E-state index contributed by atoms with van der Waals surface area (Å²) in [6.07, 6.45) is 1.01. The highest BCUT2D eigenvalue weighted by Gasteiger charge is 2.08. The molecule has 0 amide bonds. The lowest BCUT2D eigenvalue weighted by Crippen LogP contribution is -1.97. The van der Waals surface area contributed by atoms with Crippen LogP contribution in [0.25, 0.3) is 10.8 Å². The van der Waals surface area contributed by atoms with Gasteiger partial charge in [0, 0.05) is 0 Å². The molecule has 0 radical (unpaired) electrons. The molecule has 3 rings (SSSR count). The van der Waals surface area contributed by atoms with Crippen LogP contribution in [-0.4, -0.2) is 0 Å². The van der Waals surface area contributed by atoms with Gasteiger partial charge >= 0.3 is 0 Å². The van der Waals surface area contributed by atoms with Crippen LogP contribution in [0.2, 0.25) is 0 Å². The van der Waals surface area contributed by atoms with Crippen molar-refractivity contribution in [1.82, 2.24) is 0 Å². The van der Waals surface area contributed by atoms with E-state index in [0.29, 0.717) is 5.92 Å². The Morgan fingerprint density at radius 3 is 2.20 bits per heavy atom. The first-order chi connectivity index (χ1) is 9.75. The average Bonchev–Trinajstić information content (AvgIpc) is 2.48. The number of hydrogen-bond acceptors (Lipinski definition) is 0. The van der Waals surface area contributed by atoms with E-state index in [4.69, 9.17) is 0 Å². The third-order valence-electron chi connectivity index (χ3n) is 3.94. The van der Waals surface area contributed by atoms with E-state index in [2.05, 4.69) is 80.6 Å². The Balaban J connectivity index is 2.06. The van der Waals surface area contributed by atoms with E-state index in [1.54, 1.807) is 0 Å². The molecule has 0 aliphatic heterocycles. The molecular formula is C20H20. The number of fused-ring (bicyclic) bond motifs is 1. The Hall–Kier alpha value is -2.08. The molecule has 0 bridgehead atoms. The second-order valence-electron chi connectivity index (χ2n) is 5.67. The van der Waals surface area contributed by atoms with Gasteiger partial charge in [-0.1, -0.05) is 80.6 Å². The molecule has 0 atom stereocenters. The fraction of sp³-hybridized carbons (Fsp3) is 0.200. The van der Waals surface area contributed by atoms with Crippen LogP contribution in [0.5, 0.6) is 0 Å². The standard InChI is InChI=1S/C20H20/c1-15(2)19-12-5-4-9-17(19)14-18-11-7-10-16-8-3-6-13-20(16)18/h3-13,15H,14H2,1-2H3. The van der Waals surface area contributed by atoms with Crippen molar-refractivity contribution in [2.24, 2.45) is 0 Å². The van der Waals surface area contributed by atoms with Crippen LogP contribution >= 0.6 is 0 Å². The summed E-state index contributed by atoms with van der Waals surface area (Å²) in [5.74, 6) is 0.571. The Kier molecular flexibility index (Phi) is 3.56. The highest BCUT2D eigenvalue weighted by Crippen LogP contribution is 2.25. The van der Waals surface area contributed by atoms with Crippen LogP contribution in [0.1, 0.15) is 36.5 Å². The lowest BCUT2D eigenvalue weighted by Gasteiger charge is -2.14. The quantitative estimate of drug-likeness (QED) is 0.579. The van der Waals surface area contributed by atoms with Gasteiger partial charge in [0.2, 0.25) is 0 Å². The fourth-order valence-electron chi connectivity index (χ4n) is 2.91. The van der Waals surface area contributed by atoms with Gasteiger partial charge in [0.05, 0.1) is 0 Å². The second kappa shape index (κ2) is 5.50. The minimum Gasteiger partial charge on any atom is -0.0620 e. The lowest BCUT2D eigenvalue weighted by atomic mass is 9.91. The summed E-state index contributed by atoms with van der Waals surface area (Å²) in [7, 11) is 0. The molecule has 0 N–H and O–H groups in total. The second-order valence-corrected chi connectivity index (χ2v) is 5.67. The SMILES string of the molecule is CC(C)c1ccccc1Cc1cccc2ccccc12. The molecule has 0 unspecified atom stereocenters. The van der Waals surface area contributed by atoms with E-state index in [9.17, 15) is 0 Å². The van der Waals surface area contributed by atoms with Crippen molar-refractivity contribution >= 4 is 10.8 Å². The summed E-state index contributed by atoms with van der Waals surface area (Å²) in [5.41, 5.74) is 4.32. The normalized spacial score (nSPS) is 11.2. The third-order valence-corrected chi connectivity index (χ3v) is 3.94. The predicted molar refractivity (Wildman–Crippen MR) is 87.3 cm³/mol. The maximum atomic E-state index is 2.27. The molecule has 0 saturated heterocycles. The van der Waals surface area contributed by atoms with Gasteiger partial charge in [-0.25, -0.2) is 0 Å². The van der Waals surface area contributed by atoms with Crippen molar-refractivity contribution in [3.05, 3.63) is 83.4 Å². The van der Waals surface area contributed by atoms with Crippen LogP contribution in [0, 0.1) is 0 Å². The van der Waals surface area contributed by atoms with Crippen LogP contribution in [0.3, 0.4) is 0 Å². The first-order valence-corrected chi connectivity index (χ1v) is 7.30. The van der Waals surface area contributed by atoms with E-state index >= 15 is 0 Å². The molecule has 0 nitrogen and oxygen atoms in total. The Bertz CT molecular complexity index is 717. The van der Waals surface area contributed by atoms with E-state index in [0.717, 1.165) is 6.42 Å². The smallest absolute Gasteiger partial charge is 0.00168 e. The maximum absolute atomic E-state index is 2.27. The highest BCUT2D eigenvalue weighted by atomic mass is 14.1. The first kappa shape index (κ1) is 12.9. The van der Waals surface area contributed by atoms with Gasteiger partial charge in [0.1, 0.15) is 0 Å². The van der Waals surface area contributed by atoms with E-state index < -0.39 is 0 Å². The van der Waals surface area contributed by atoms with E-state index in [1.807, 2.05) is 0 Å². The molecule has 20 heavy (non-hydrogen) atoms. The summed E-state index contributed by atoms with van der Waals surface area (Å²) in [5, 5.41) is 2.69. The molecule has 3 aromatic carbocycles. The molecule has 100 valence electrons. The van der Waals surface area contributed by atoms with Crippen molar-refractivity contribution in [2.75, 3.05) is 0 Å². The maximum Gasteiger partial charge on any atom is -0.00168 e. The minimum absolute atomic E-state index is 0.571. The van der Waals surface area contributed by atoms with Crippen LogP contribution in [-0.2, 0) is 6.42 Å². The summed E-state index contributed by atoms with van der Waals surface area (Å²) < 4.78 is 0. The van der Waals surface area contributed by atoms with Crippen molar-refractivity contribution in [3.8, 4) is 0 Å². The molecule has 0 heteroatoms. The van der Waals surface area contributed by atoms with E-state index in [1.165, 1.54) is 27.5 Å². The minimum atomic E-state index is 0.571. The third kappa shape index (κ3) is 2.46. The molecule has 3 aromatic rings. The zero-order valence-corrected chi connectivity index (χ0v) is 12.1. The molecule has 0 aliphatic carbocycles. The van der Waals surface area contributed by atoms with Crippen molar-refractivity contribution in [2.45, 2.75) is 26.2 Å². The Labute approximate surface area is 121 Å². The number of hydrogen-bond donors (Lipinski definition) is 0. The Morgan fingerprint density at radius 2 is 1.35 bits per heavy atom. The molecule has 0 fully saturated rings. The van der Waals surface area contributed by atoms with Gasteiger partial charge in [-0.3, -0.25) is 0 Å². The molecule has 0 saturated carbocycles. The van der Waals surface area contributed by atoms with Gasteiger partial charge < -0.3 is 0 Å². The van der Waals surface area contributed by atoms with Gasteiger partial charge in [0.25, 0.3) is 0 Å². The van der Waals surface area contributed by atoms with Crippen LogP contribution in [0.4, 0.5) is 0 Å². The summed E-state index contributed by atoms with van der Waals surface area (Å²) >= 11 is 0. The number of benzene rings is 3. The molecular weight excluding hydrogens is 240 g/mol. The van der Waals surface area contributed by atoms with Gasteiger partial charge in [-0.05, 0) is 39.8 Å². The lowest BCUT2D eigenvalue weighted by molar-refractivity contribution is 0.849. The Morgan fingerprint density at radius 1 is 0.700 bits per heavy atom. The molecule has 0 aromatic heterocycles. The van der Waals surface area contributed by atoms with Gasteiger partial charge in [-0.2, -0.15) is 0 Å².